The highest BCUT2D eigenvalue weighted by molar-refractivity contribution is 7.92. The lowest BCUT2D eigenvalue weighted by Gasteiger charge is -2.26. The number of nitrogens with zero attached hydrogens (tertiary/aromatic N) is 1. The number of carbonyl (C=O) groups excluding carboxylic acids is 1. The van der Waals surface area contributed by atoms with E-state index in [9.17, 15) is 13.2 Å². The molecule has 186 valence electrons. The Morgan fingerprint density at radius 2 is 1.66 bits per heavy atom. The predicted octanol–water partition coefficient (Wildman–Crippen LogP) is 4.61. The van der Waals surface area contributed by atoms with Crippen LogP contribution in [-0.4, -0.2) is 41.6 Å². The van der Waals surface area contributed by atoms with Crippen LogP contribution in [0.1, 0.15) is 17.5 Å². The third-order valence-electron chi connectivity index (χ3n) is 5.43. The molecule has 0 aromatic heterocycles. The zero-order valence-corrected chi connectivity index (χ0v) is 21.5. The van der Waals surface area contributed by atoms with E-state index in [-0.39, 0.29) is 10.6 Å². The second-order valence-electron chi connectivity index (χ2n) is 7.94. The van der Waals surface area contributed by atoms with Crippen molar-refractivity contribution in [3.8, 4) is 11.5 Å². The van der Waals surface area contributed by atoms with Crippen molar-refractivity contribution in [2.45, 2.75) is 24.7 Å². The van der Waals surface area contributed by atoms with Crippen molar-refractivity contribution < 1.29 is 22.7 Å². The Labute approximate surface area is 211 Å². The summed E-state index contributed by atoms with van der Waals surface area (Å²) in [5, 5.41) is 3.49. The lowest BCUT2D eigenvalue weighted by Crippen LogP contribution is -2.41. The summed E-state index contributed by atoms with van der Waals surface area (Å²) in [6.45, 7) is 1.85. The number of anilines is 1. The van der Waals surface area contributed by atoms with Gasteiger partial charge in [-0.2, -0.15) is 0 Å². The number of sulfonamides is 1. The van der Waals surface area contributed by atoms with E-state index in [1.165, 1.54) is 26.4 Å². The fraction of sp³-hybridized carbons (Fsp3) is 0.269. The predicted molar refractivity (Wildman–Crippen MR) is 138 cm³/mol. The topological polar surface area (TPSA) is 84.9 Å². The van der Waals surface area contributed by atoms with Gasteiger partial charge in [0.1, 0.15) is 18.0 Å². The van der Waals surface area contributed by atoms with E-state index < -0.39 is 22.5 Å². The van der Waals surface area contributed by atoms with Gasteiger partial charge in [0.2, 0.25) is 5.91 Å². The second-order valence-corrected chi connectivity index (χ2v) is 10.2. The van der Waals surface area contributed by atoms with Gasteiger partial charge in [-0.05, 0) is 61.7 Å². The highest BCUT2D eigenvalue weighted by atomic mass is 35.5. The van der Waals surface area contributed by atoms with E-state index in [0.717, 1.165) is 21.9 Å². The molecule has 0 spiro atoms. The summed E-state index contributed by atoms with van der Waals surface area (Å²) in [6, 6.07) is 18.8. The van der Waals surface area contributed by atoms with Gasteiger partial charge in [0.25, 0.3) is 10.0 Å². The van der Waals surface area contributed by atoms with Crippen LogP contribution in [0.15, 0.2) is 71.6 Å². The molecular formula is C26H29ClN2O5S. The minimum atomic E-state index is -4.08. The monoisotopic (exact) mass is 516 g/mol. The molecule has 0 radical (unpaired) electrons. The van der Waals surface area contributed by atoms with Crippen LogP contribution in [-0.2, 0) is 21.2 Å². The molecule has 0 aliphatic rings. The quantitative estimate of drug-likeness (QED) is 0.376. The van der Waals surface area contributed by atoms with Crippen LogP contribution in [0, 0.1) is 6.92 Å². The molecule has 0 atom stereocenters. The third kappa shape index (κ3) is 6.90. The molecule has 1 amide bonds. The summed E-state index contributed by atoms with van der Waals surface area (Å²) in [5.74, 6) is 0.312. The Morgan fingerprint density at radius 1 is 0.971 bits per heavy atom. The van der Waals surface area contributed by atoms with Crippen LogP contribution in [0.5, 0.6) is 11.5 Å². The van der Waals surface area contributed by atoms with Crippen LogP contribution in [0.4, 0.5) is 5.69 Å². The van der Waals surface area contributed by atoms with E-state index in [4.69, 9.17) is 21.1 Å². The first-order valence-corrected chi connectivity index (χ1v) is 12.9. The summed E-state index contributed by atoms with van der Waals surface area (Å²) in [4.78, 5) is 12.9. The molecule has 7 nitrogen and oxygen atoms in total. The molecule has 1 N–H and O–H groups in total. The van der Waals surface area contributed by atoms with Crippen molar-refractivity contribution in [2.75, 3.05) is 31.6 Å². The summed E-state index contributed by atoms with van der Waals surface area (Å²) >= 11 is 5.92. The normalized spacial score (nSPS) is 11.1. The molecule has 0 fully saturated rings. The number of nitrogens with one attached hydrogen (secondary N) is 1. The molecule has 3 aromatic rings. The van der Waals surface area contributed by atoms with Gasteiger partial charge in [0.15, 0.2) is 0 Å². The average molecular weight is 517 g/mol. The number of ether oxygens (including phenoxy) is 2. The summed E-state index contributed by atoms with van der Waals surface area (Å²) in [7, 11) is -1.15. The van der Waals surface area contributed by atoms with Crippen molar-refractivity contribution in [3.05, 3.63) is 82.9 Å². The first-order valence-electron chi connectivity index (χ1n) is 11.1. The van der Waals surface area contributed by atoms with Crippen LogP contribution < -0.4 is 19.1 Å². The minimum absolute atomic E-state index is 0.0727. The summed E-state index contributed by atoms with van der Waals surface area (Å²) in [5.41, 5.74) is 2.24. The maximum Gasteiger partial charge on any atom is 0.264 e. The van der Waals surface area contributed by atoms with Gasteiger partial charge in [-0.3, -0.25) is 9.10 Å². The number of aryl methyl sites for hydroxylation is 2. The summed E-state index contributed by atoms with van der Waals surface area (Å²) in [6.07, 6.45) is 1.45. The second kappa shape index (κ2) is 12.0. The SMILES string of the molecule is COc1ccc(OC)c(N(CC(=O)NCCCc2ccc(Cl)cc2)S(=O)(=O)c2ccc(C)cc2)c1. The zero-order chi connectivity index (χ0) is 25.4. The molecule has 0 bridgehead atoms. The Morgan fingerprint density at radius 3 is 2.29 bits per heavy atom. The average Bonchev–Trinajstić information content (AvgIpc) is 2.86. The molecule has 3 rings (SSSR count). The molecule has 0 heterocycles. The van der Waals surface area contributed by atoms with Crippen LogP contribution in [0.3, 0.4) is 0 Å². The van der Waals surface area contributed by atoms with Crippen molar-refractivity contribution >= 4 is 33.2 Å². The lowest BCUT2D eigenvalue weighted by molar-refractivity contribution is -0.119. The van der Waals surface area contributed by atoms with Crippen LogP contribution in [0.25, 0.3) is 0 Å². The van der Waals surface area contributed by atoms with E-state index in [0.29, 0.717) is 29.5 Å². The van der Waals surface area contributed by atoms with Crippen molar-refractivity contribution in [2.24, 2.45) is 0 Å². The number of methoxy groups -OCH3 is 2. The number of hydrogen-bond donors (Lipinski definition) is 1. The number of halogens is 1. The van der Waals surface area contributed by atoms with Gasteiger partial charge >= 0.3 is 0 Å². The molecule has 0 unspecified atom stereocenters. The highest BCUT2D eigenvalue weighted by Gasteiger charge is 2.29. The molecule has 0 aliphatic carbocycles. The lowest BCUT2D eigenvalue weighted by atomic mass is 10.1. The third-order valence-corrected chi connectivity index (χ3v) is 7.45. The smallest absolute Gasteiger partial charge is 0.264 e. The first kappa shape index (κ1) is 26.4. The van der Waals surface area contributed by atoms with Crippen LogP contribution >= 0.6 is 11.6 Å². The Kier molecular flexibility index (Phi) is 9.01. The number of carbonyl (C=O) groups is 1. The van der Waals surface area contributed by atoms with Gasteiger partial charge < -0.3 is 14.8 Å². The minimum Gasteiger partial charge on any atom is -0.497 e. The molecule has 35 heavy (non-hydrogen) atoms. The number of benzene rings is 3. The highest BCUT2D eigenvalue weighted by Crippen LogP contribution is 2.35. The molecule has 3 aromatic carbocycles. The fourth-order valence-corrected chi connectivity index (χ4v) is 5.04. The zero-order valence-electron chi connectivity index (χ0n) is 20.0. The Hall–Kier alpha value is -3.23. The molecule has 0 saturated heterocycles. The largest absolute Gasteiger partial charge is 0.497 e. The number of rotatable bonds is 11. The van der Waals surface area contributed by atoms with Gasteiger partial charge in [-0.1, -0.05) is 41.4 Å². The van der Waals surface area contributed by atoms with E-state index >= 15 is 0 Å². The van der Waals surface area contributed by atoms with Gasteiger partial charge in [0.05, 0.1) is 24.8 Å². The number of amides is 1. The van der Waals surface area contributed by atoms with Gasteiger partial charge in [-0.25, -0.2) is 8.42 Å². The van der Waals surface area contributed by atoms with E-state index in [2.05, 4.69) is 5.32 Å². The summed E-state index contributed by atoms with van der Waals surface area (Å²) < 4.78 is 39.0. The first-order chi connectivity index (χ1) is 16.7. The standard InChI is InChI=1S/C26H29ClN2O5S/c1-19-6-13-23(14-7-19)35(31,32)29(24-17-22(33-2)12-15-25(24)34-3)18-26(30)28-16-4-5-20-8-10-21(27)11-9-20/h6-15,17H,4-5,16,18H2,1-3H3,(H,28,30). The van der Waals surface area contributed by atoms with Crippen molar-refractivity contribution in [1.29, 1.82) is 0 Å². The molecule has 0 saturated carbocycles. The molecular weight excluding hydrogens is 488 g/mol. The Bertz CT molecular complexity index is 1250. The van der Waals surface area contributed by atoms with Crippen LogP contribution in [0.2, 0.25) is 5.02 Å². The van der Waals surface area contributed by atoms with Gasteiger partial charge in [-0.15, -0.1) is 0 Å². The maximum absolute atomic E-state index is 13.6. The van der Waals surface area contributed by atoms with Gasteiger partial charge in [0, 0.05) is 17.6 Å². The molecule has 0 aliphatic heterocycles. The number of hydrogen-bond acceptors (Lipinski definition) is 5. The van der Waals surface area contributed by atoms with E-state index in [1.807, 2.05) is 31.2 Å². The Balaban J connectivity index is 1.81. The fourth-order valence-electron chi connectivity index (χ4n) is 3.49. The van der Waals surface area contributed by atoms with Crippen molar-refractivity contribution in [1.82, 2.24) is 5.32 Å². The van der Waals surface area contributed by atoms with E-state index in [1.54, 1.807) is 30.3 Å². The molecule has 9 heteroatoms. The van der Waals surface area contributed by atoms with Crippen molar-refractivity contribution in [3.63, 3.8) is 0 Å². The maximum atomic E-state index is 13.6.